The first-order chi connectivity index (χ1) is 10.3. The number of aliphatic hydroxyl groups is 1. The fraction of sp³-hybridized carbons (Fsp3) is 0.700. The Morgan fingerprint density at radius 3 is 2.64 bits per heavy atom. The SMILES string of the molecule is CC1=CC=C(C(C)C)CCC2(C)OC2CC(O)C(C)=CCC1. The summed E-state index contributed by atoms with van der Waals surface area (Å²) in [4.78, 5) is 0. The lowest BCUT2D eigenvalue weighted by atomic mass is 9.89. The van der Waals surface area contributed by atoms with Gasteiger partial charge >= 0.3 is 0 Å². The summed E-state index contributed by atoms with van der Waals surface area (Å²) in [6.07, 6.45) is 11.5. The fourth-order valence-corrected chi connectivity index (χ4v) is 3.15. The highest BCUT2D eigenvalue weighted by Crippen LogP contribution is 2.44. The summed E-state index contributed by atoms with van der Waals surface area (Å²) >= 11 is 0. The summed E-state index contributed by atoms with van der Waals surface area (Å²) in [7, 11) is 0. The molecule has 0 bridgehead atoms. The van der Waals surface area contributed by atoms with Gasteiger partial charge in [-0.05, 0) is 57.9 Å². The number of aliphatic hydroxyl groups excluding tert-OH is 1. The Hall–Kier alpha value is -0.860. The molecule has 2 heteroatoms. The van der Waals surface area contributed by atoms with Crippen LogP contribution in [-0.2, 0) is 4.74 Å². The van der Waals surface area contributed by atoms with Gasteiger partial charge < -0.3 is 9.84 Å². The van der Waals surface area contributed by atoms with E-state index >= 15 is 0 Å². The Labute approximate surface area is 136 Å². The zero-order valence-electron chi connectivity index (χ0n) is 14.9. The molecule has 0 spiro atoms. The van der Waals surface area contributed by atoms with E-state index < -0.39 is 0 Å². The van der Waals surface area contributed by atoms with Crippen LogP contribution in [0, 0.1) is 5.92 Å². The highest BCUT2D eigenvalue weighted by atomic mass is 16.6. The average molecular weight is 304 g/mol. The fourth-order valence-electron chi connectivity index (χ4n) is 3.15. The third kappa shape index (κ3) is 4.57. The van der Waals surface area contributed by atoms with Crippen molar-refractivity contribution in [2.24, 2.45) is 5.92 Å². The molecule has 0 radical (unpaired) electrons. The summed E-state index contributed by atoms with van der Waals surface area (Å²) in [5, 5.41) is 10.3. The van der Waals surface area contributed by atoms with Crippen LogP contribution in [-0.4, -0.2) is 22.9 Å². The maximum Gasteiger partial charge on any atom is 0.0924 e. The highest BCUT2D eigenvalue weighted by Gasteiger charge is 2.52. The van der Waals surface area contributed by atoms with E-state index in [9.17, 15) is 5.11 Å². The predicted octanol–water partition coefficient (Wildman–Crippen LogP) is 4.94. The van der Waals surface area contributed by atoms with Crippen molar-refractivity contribution in [3.63, 3.8) is 0 Å². The number of allylic oxidation sites excluding steroid dienone is 5. The van der Waals surface area contributed by atoms with Crippen LogP contribution in [0.4, 0.5) is 0 Å². The summed E-state index contributed by atoms with van der Waals surface area (Å²) < 4.78 is 5.92. The molecular weight excluding hydrogens is 272 g/mol. The van der Waals surface area contributed by atoms with E-state index in [2.05, 4.69) is 45.9 Å². The summed E-state index contributed by atoms with van der Waals surface area (Å²) in [6, 6.07) is 0. The third-order valence-corrected chi connectivity index (χ3v) is 5.24. The molecule has 124 valence electrons. The van der Waals surface area contributed by atoms with Crippen molar-refractivity contribution in [2.45, 2.75) is 84.5 Å². The van der Waals surface area contributed by atoms with Crippen LogP contribution >= 0.6 is 0 Å². The van der Waals surface area contributed by atoms with E-state index in [-0.39, 0.29) is 17.8 Å². The molecule has 1 fully saturated rings. The van der Waals surface area contributed by atoms with Gasteiger partial charge in [0.25, 0.3) is 0 Å². The average Bonchev–Trinajstić information content (AvgIpc) is 3.07. The van der Waals surface area contributed by atoms with Crippen LogP contribution in [0.15, 0.2) is 34.9 Å². The largest absolute Gasteiger partial charge is 0.389 e. The van der Waals surface area contributed by atoms with Crippen molar-refractivity contribution in [2.75, 3.05) is 0 Å². The smallest absolute Gasteiger partial charge is 0.0924 e. The van der Waals surface area contributed by atoms with Crippen molar-refractivity contribution in [1.82, 2.24) is 0 Å². The molecule has 2 aliphatic rings. The lowest BCUT2D eigenvalue weighted by Crippen LogP contribution is -2.18. The van der Waals surface area contributed by atoms with E-state index in [1.54, 1.807) is 0 Å². The maximum absolute atomic E-state index is 10.3. The predicted molar refractivity (Wildman–Crippen MR) is 92.8 cm³/mol. The van der Waals surface area contributed by atoms with E-state index in [0.29, 0.717) is 5.92 Å². The van der Waals surface area contributed by atoms with Gasteiger partial charge in [-0.2, -0.15) is 0 Å². The Morgan fingerprint density at radius 1 is 1.23 bits per heavy atom. The molecule has 3 unspecified atom stereocenters. The van der Waals surface area contributed by atoms with Gasteiger partial charge in [-0.3, -0.25) is 0 Å². The van der Waals surface area contributed by atoms with Gasteiger partial charge in [-0.1, -0.05) is 43.2 Å². The molecule has 0 aromatic heterocycles. The quantitative estimate of drug-likeness (QED) is 0.549. The van der Waals surface area contributed by atoms with Gasteiger partial charge in [0, 0.05) is 6.42 Å². The zero-order chi connectivity index (χ0) is 16.3. The standard InChI is InChI=1S/C20H32O2/c1-14(2)17-10-9-15(3)7-6-8-16(4)18(21)13-19-20(5,22-19)12-11-17/h8-10,14,18-19,21H,6-7,11-13H2,1-5H3. The second-order valence-electron chi connectivity index (χ2n) is 7.57. The van der Waals surface area contributed by atoms with Gasteiger partial charge in [0.2, 0.25) is 0 Å². The van der Waals surface area contributed by atoms with Crippen molar-refractivity contribution in [3.8, 4) is 0 Å². The van der Waals surface area contributed by atoms with Crippen LogP contribution in [0.25, 0.3) is 0 Å². The zero-order valence-corrected chi connectivity index (χ0v) is 14.9. The third-order valence-electron chi connectivity index (χ3n) is 5.24. The second-order valence-corrected chi connectivity index (χ2v) is 7.57. The number of epoxide rings is 1. The topological polar surface area (TPSA) is 32.8 Å². The first-order valence-corrected chi connectivity index (χ1v) is 8.70. The molecule has 3 atom stereocenters. The van der Waals surface area contributed by atoms with E-state index in [0.717, 1.165) is 37.7 Å². The van der Waals surface area contributed by atoms with Crippen molar-refractivity contribution < 1.29 is 9.84 Å². The van der Waals surface area contributed by atoms with Crippen molar-refractivity contribution >= 4 is 0 Å². The Balaban J connectivity index is 2.17. The number of fused-ring (bicyclic) bond motifs is 1. The first-order valence-electron chi connectivity index (χ1n) is 8.70. The van der Waals surface area contributed by atoms with Crippen molar-refractivity contribution in [3.05, 3.63) is 34.9 Å². The Bertz CT molecular complexity index is 484. The number of hydrogen-bond acceptors (Lipinski definition) is 2. The molecule has 0 aromatic rings. The molecule has 1 aliphatic heterocycles. The molecule has 0 amide bonds. The minimum absolute atomic E-state index is 0.0435. The molecule has 1 heterocycles. The Kier molecular flexibility index (Phi) is 5.68. The number of rotatable bonds is 1. The Morgan fingerprint density at radius 2 is 1.95 bits per heavy atom. The minimum Gasteiger partial charge on any atom is -0.389 e. The molecule has 2 rings (SSSR count). The molecule has 1 aliphatic carbocycles. The minimum atomic E-state index is -0.362. The molecule has 0 saturated carbocycles. The monoisotopic (exact) mass is 304 g/mol. The summed E-state index contributed by atoms with van der Waals surface area (Å²) in [5.41, 5.74) is 3.94. The van der Waals surface area contributed by atoms with E-state index in [4.69, 9.17) is 4.74 Å². The first kappa shape index (κ1) is 17.5. The summed E-state index contributed by atoms with van der Waals surface area (Å²) in [5.74, 6) is 0.575. The van der Waals surface area contributed by atoms with Crippen molar-refractivity contribution in [1.29, 1.82) is 0 Å². The normalized spacial score (nSPS) is 34.2. The van der Waals surface area contributed by atoms with E-state index in [1.807, 2.05) is 6.92 Å². The molecule has 1 saturated heterocycles. The molecule has 2 nitrogen and oxygen atoms in total. The van der Waals surface area contributed by atoms with Crippen LogP contribution < -0.4 is 0 Å². The van der Waals surface area contributed by atoms with Gasteiger partial charge in [0.15, 0.2) is 0 Å². The van der Waals surface area contributed by atoms with Crippen LogP contribution in [0.2, 0.25) is 0 Å². The van der Waals surface area contributed by atoms with Gasteiger partial charge in [0.05, 0.1) is 17.8 Å². The maximum atomic E-state index is 10.3. The van der Waals surface area contributed by atoms with Gasteiger partial charge in [-0.25, -0.2) is 0 Å². The van der Waals surface area contributed by atoms with Gasteiger partial charge in [0.1, 0.15) is 0 Å². The van der Waals surface area contributed by atoms with Crippen LogP contribution in [0.5, 0.6) is 0 Å². The number of ether oxygens (including phenoxy) is 1. The lowest BCUT2D eigenvalue weighted by molar-refractivity contribution is 0.184. The van der Waals surface area contributed by atoms with Crippen LogP contribution in [0.3, 0.4) is 0 Å². The molecule has 22 heavy (non-hydrogen) atoms. The lowest BCUT2D eigenvalue weighted by Gasteiger charge is -2.15. The summed E-state index contributed by atoms with van der Waals surface area (Å²) in [6.45, 7) is 10.9. The number of hydrogen-bond donors (Lipinski definition) is 1. The van der Waals surface area contributed by atoms with E-state index in [1.165, 1.54) is 11.1 Å². The highest BCUT2D eigenvalue weighted by molar-refractivity contribution is 5.20. The molecular formula is C20H32O2. The van der Waals surface area contributed by atoms with Crippen LogP contribution in [0.1, 0.15) is 66.7 Å². The second kappa shape index (κ2) is 7.14. The molecule has 0 aromatic carbocycles. The molecule has 1 N–H and O–H groups in total. The van der Waals surface area contributed by atoms with Gasteiger partial charge in [-0.15, -0.1) is 0 Å².